The van der Waals surface area contributed by atoms with E-state index in [9.17, 15) is 9.50 Å². The second kappa shape index (κ2) is 5.09. The van der Waals surface area contributed by atoms with Crippen molar-refractivity contribution in [3.8, 4) is 0 Å². The molecule has 0 heterocycles. The van der Waals surface area contributed by atoms with Crippen LogP contribution in [0, 0.1) is 5.82 Å². The van der Waals surface area contributed by atoms with Crippen LogP contribution in [-0.2, 0) is 12.0 Å². The zero-order valence-corrected chi connectivity index (χ0v) is 10.8. The molecule has 1 unspecified atom stereocenters. The molecule has 0 aliphatic rings. The van der Waals surface area contributed by atoms with E-state index in [1.807, 2.05) is 30.3 Å². The predicted molar refractivity (Wildman–Crippen MR) is 71.1 cm³/mol. The summed E-state index contributed by atoms with van der Waals surface area (Å²) in [6.07, 6.45) is 0.338. The van der Waals surface area contributed by atoms with Crippen LogP contribution in [0.4, 0.5) is 4.39 Å². The van der Waals surface area contributed by atoms with Gasteiger partial charge in [0.2, 0.25) is 0 Å². The molecule has 1 nitrogen and oxygen atoms in total. The van der Waals surface area contributed by atoms with E-state index in [0.29, 0.717) is 12.0 Å². The SMILES string of the molecule is CC(O)(Cc1ccc(Cl)c(F)c1)c1ccccc1. The molecular weight excluding hydrogens is 251 g/mol. The second-order valence-corrected chi connectivity index (χ2v) is 4.97. The molecule has 0 spiro atoms. The zero-order chi connectivity index (χ0) is 13.2. The van der Waals surface area contributed by atoms with Crippen molar-refractivity contribution in [2.24, 2.45) is 0 Å². The lowest BCUT2D eigenvalue weighted by molar-refractivity contribution is 0.0576. The molecule has 0 amide bonds. The maximum Gasteiger partial charge on any atom is 0.142 e. The van der Waals surface area contributed by atoms with E-state index >= 15 is 0 Å². The number of hydrogen-bond donors (Lipinski definition) is 1. The van der Waals surface area contributed by atoms with Gasteiger partial charge in [-0.25, -0.2) is 4.39 Å². The van der Waals surface area contributed by atoms with Crippen LogP contribution in [0.1, 0.15) is 18.1 Å². The fourth-order valence-electron chi connectivity index (χ4n) is 1.95. The molecule has 2 aromatic carbocycles. The van der Waals surface area contributed by atoms with Gasteiger partial charge in [-0.3, -0.25) is 0 Å². The first-order valence-electron chi connectivity index (χ1n) is 5.71. The number of aliphatic hydroxyl groups is 1. The highest BCUT2D eigenvalue weighted by molar-refractivity contribution is 6.30. The number of halogens is 2. The molecule has 1 N–H and O–H groups in total. The molecule has 0 saturated heterocycles. The van der Waals surface area contributed by atoms with Crippen molar-refractivity contribution in [2.45, 2.75) is 18.9 Å². The lowest BCUT2D eigenvalue weighted by Crippen LogP contribution is -2.24. The zero-order valence-electron chi connectivity index (χ0n) is 10.0. The third kappa shape index (κ3) is 2.89. The van der Waals surface area contributed by atoms with E-state index in [4.69, 9.17) is 11.6 Å². The molecule has 2 aromatic rings. The fourth-order valence-corrected chi connectivity index (χ4v) is 2.06. The van der Waals surface area contributed by atoms with E-state index in [-0.39, 0.29) is 5.02 Å². The molecule has 0 aliphatic heterocycles. The van der Waals surface area contributed by atoms with Gasteiger partial charge in [0, 0.05) is 6.42 Å². The van der Waals surface area contributed by atoms with E-state index in [1.165, 1.54) is 12.1 Å². The minimum Gasteiger partial charge on any atom is -0.385 e. The van der Waals surface area contributed by atoms with Crippen molar-refractivity contribution in [3.63, 3.8) is 0 Å². The molecule has 0 aliphatic carbocycles. The van der Waals surface area contributed by atoms with Gasteiger partial charge in [-0.1, -0.05) is 48.0 Å². The first kappa shape index (κ1) is 13.1. The Morgan fingerprint density at radius 2 is 1.83 bits per heavy atom. The van der Waals surface area contributed by atoms with Crippen molar-refractivity contribution in [1.82, 2.24) is 0 Å². The summed E-state index contributed by atoms with van der Waals surface area (Å²) in [6.45, 7) is 1.72. The fraction of sp³-hybridized carbons (Fsp3) is 0.200. The summed E-state index contributed by atoms with van der Waals surface area (Å²) in [6, 6.07) is 13.9. The Morgan fingerprint density at radius 3 is 2.44 bits per heavy atom. The maximum absolute atomic E-state index is 13.3. The molecule has 0 saturated carbocycles. The normalized spacial score (nSPS) is 14.2. The first-order valence-corrected chi connectivity index (χ1v) is 6.09. The van der Waals surface area contributed by atoms with Crippen LogP contribution in [0.2, 0.25) is 5.02 Å². The summed E-state index contributed by atoms with van der Waals surface area (Å²) < 4.78 is 13.3. The lowest BCUT2D eigenvalue weighted by atomic mass is 9.89. The Morgan fingerprint density at radius 1 is 1.17 bits per heavy atom. The molecule has 1 atom stereocenters. The monoisotopic (exact) mass is 264 g/mol. The van der Waals surface area contributed by atoms with Crippen molar-refractivity contribution in [1.29, 1.82) is 0 Å². The molecular formula is C15H14ClFO. The predicted octanol–water partition coefficient (Wildman–Crippen LogP) is 3.93. The largest absolute Gasteiger partial charge is 0.385 e. The van der Waals surface area contributed by atoms with Crippen LogP contribution in [0.15, 0.2) is 48.5 Å². The van der Waals surface area contributed by atoms with Gasteiger partial charge >= 0.3 is 0 Å². The van der Waals surface area contributed by atoms with Crippen molar-refractivity contribution < 1.29 is 9.50 Å². The molecule has 0 bridgehead atoms. The molecule has 18 heavy (non-hydrogen) atoms. The number of benzene rings is 2. The van der Waals surface area contributed by atoms with Gasteiger partial charge in [0.15, 0.2) is 0 Å². The quantitative estimate of drug-likeness (QED) is 0.891. The van der Waals surface area contributed by atoms with Gasteiger partial charge in [0.25, 0.3) is 0 Å². The van der Waals surface area contributed by atoms with Crippen LogP contribution >= 0.6 is 11.6 Å². The topological polar surface area (TPSA) is 20.2 Å². The molecule has 2 rings (SSSR count). The van der Waals surface area contributed by atoms with E-state index in [2.05, 4.69) is 0 Å². The van der Waals surface area contributed by atoms with Crippen LogP contribution < -0.4 is 0 Å². The van der Waals surface area contributed by atoms with E-state index in [1.54, 1.807) is 13.0 Å². The van der Waals surface area contributed by atoms with Crippen LogP contribution in [0.5, 0.6) is 0 Å². The highest BCUT2D eigenvalue weighted by Gasteiger charge is 2.23. The number of rotatable bonds is 3. The van der Waals surface area contributed by atoms with Crippen LogP contribution in [0.25, 0.3) is 0 Å². The molecule has 0 radical (unpaired) electrons. The maximum atomic E-state index is 13.3. The van der Waals surface area contributed by atoms with Gasteiger partial charge in [0.1, 0.15) is 5.82 Å². The highest BCUT2D eigenvalue weighted by Crippen LogP contribution is 2.26. The highest BCUT2D eigenvalue weighted by atomic mass is 35.5. The first-order chi connectivity index (χ1) is 8.49. The molecule has 94 valence electrons. The Hall–Kier alpha value is -1.38. The van der Waals surface area contributed by atoms with Gasteiger partial charge in [0.05, 0.1) is 10.6 Å². The van der Waals surface area contributed by atoms with Gasteiger partial charge in [-0.2, -0.15) is 0 Å². The number of hydrogen-bond acceptors (Lipinski definition) is 1. The van der Waals surface area contributed by atoms with Crippen molar-refractivity contribution >= 4 is 11.6 Å². The average Bonchev–Trinajstić information content (AvgIpc) is 2.35. The van der Waals surface area contributed by atoms with Crippen LogP contribution in [0.3, 0.4) is 0 Å². The summed E-state index contributed by atoms with van der Waals surface area (Å²) in [5, 5.41) is 10.5. The summed E-state index contributed by atoms with van der Waals surface area (Å²) in [7, 11) is 0. The third-order valence-electron chi connectivity index (χ3n) is 2.93. The summed E-state index contributed by atoms with van der Waals surface area (Å²) in [5.41, 5.74) is 0.493. The minimum atomic E-state index is -1.03. The summed E-state index contributed by atoms with van der Waals surface area (Å²) in [5.74, 6) is -0.460. The Kier molecular flexibility index (Phi) is 3.69. The summed E-state index contributed by atoms with van der Waals surface area (Å²) in [4.78, 5) is 0. The standard InChI is InChI=1S/C15H14ClFO/c1-15(18,12-5-3-2-4-6-12)10-11-7-8-13(16)14(17)9-11/h2-9,18H,10H2,1H3. The van der Waals surface area contributed by atoms with Crippen LogP contribution in [-0.4, -0.2) is 5.11 Å². The average molecular weight is 265 g/mol. The second-order valence-electron chi connectivity index (χ2n) is 4.57. The Labute approximate surface area is 111 Å². The Bertz CT molecular complexity index is 537. The summed E-state index contributed by atoms with van der Waals surface area (Å²) >= 11 is 5.63. The van der Waals surface area contributed by atoms with Gasteiger partial charge < -0.3 is 5.11 Å². The molecule has 0 fully saturated rings. The van der Waals surface area contributed by atoms with E-state index < -0.39 is 11.4 Å². The minimum absolute atomic E-state index is 0.0955. The molecule has 3 heteroatoms. The van der Waals surface area contributed by atoms with Gasteiger partial charge in [-0.15, -0.1) is 0 Å². The third-order valence-corrected chi connectivity index (χ3v) is 3.23. The van der Waals surface area contributed by atoms with Crippen molar-refractivity contribution in [3.05, 3.63) is 70.5 Å². The van der Waals surface area contributed by atoms with Gasteiger partial charge in [-0.05, 0) is 30.2 Å². The Balaban J connectivity index is 2.25. The lowest BCUT2D eigenvalue weighted by Gasteiger charge is -2.24. The molecule has 0 aromatic heterocycles. The van der Waals surface area contributed by atoms with Crippen molar-refractivity contribution in [2.75, 3.05) is 0 Å². The smallest absolute Gasteiger partial charge is 0.142 e. The van der Waals surface area contributed by atoms with E-state index in [0.717, 1.165) is 5.56 Å².